The highest BCUT2D eigenvalue weighted by Gasteiger charge is 2.27. The van der Waals surface area contributed by atoms with Gasteiger partial charge in [-0.3, -0.25) is 0 Å². The van der Waals surface area contributed by atoms with Crippen LogP contribution in [-0.4, -0.2) is 17.6 Å². The zero-order chi connectivity index (χ0) is 10.9. The lowest BCUT2D eigenvalue weighted by Gasteiger charge is -2.35. The van der Waals surface area contributed by atoms with Gasteiger partial charge in [0, 0.05) is 17.6 Å². The van der Waals surface area contributed by atoms with Gasteiger partial charge in [-0.2, -0.15) is 0 Å². The Labute approximate surface area is 93.3 Å². The van der Waals surface area contributed by atoms with Crippen molar-refractivity contribution in [2.24, 2.45) is 5.73 Å². The summed E-state index contributed by atoms with van der Waals surface area (Å²) in [5, 5.41) is 3.70. The van der Waals surface area contributed by atoms with Crippen molar-refractivity contribution in [1.82, 2.24) is 5.32 Å². The highest BCUT2D eigenvalue weighted by molar-refractivity contribution is 5.18. The SMILES string of the molecule is CC1CCCC(C2=CCC(C)(N)CC2)N1. The van der Waals surface area contributed by atoms with Crippen molar-refractivity contribution in [3.63, 3.8) is 0 Å². The first-order valence-electron chi connectivity index (χ1n) is 6.31. The van der Waals surface area contributed by atoms with Gasteiger partial charge in [-0.1, -0.05) is 18.1 Å². The molecule has 1 heterocycles. The molecule has 1 aliphatic carbocycles. The van der Waals surface area contributed by atoms with Crippen molar-refractivity contribution in [2.45, 2.75) is 70.0 Å². The van der Waals surface area contributed by atoms with Gasteiger partial charge in [-0.15, -0.1) is 0 Å². The molecule has 0 aromatic heterocycles. The lowest BCUT2D eigenvalue weighted by atomic mass is 9.80. The molecule has 0 amide bonds. The Hall–Kier alpha value is -0.340. The molecule has 0 bridgehead atoms. The molecule has 0 radical (unpaired) electrons. The van der Waals surface area contributed by atoms with Crippen LogP contribution in [0, 0.1) is 0 Å². The van der Waals surface area contributed by atoms with E-state index in [1.807, 2.05) is 0 Å². The van der Waals surface area contributed by atoms with Gasteiger partial charge in [0.05, 0.1) is 0 Å². The number of nitrogens with one attached hydrogen (secondary N) is 1. The summed E-state index contributed by atoms with van der Waals surface area (Å²) in [5.74, 6) is 0. The molecule has 3 unspecified atom stereocenters. The maximum absolute atomic E-state index is 6.13. The third-order valence-corrected chi connectivity index (χ3v) is 3.88. The van der Waals surface area contributed by atoms with E-state index in [9.17, 15) is 0 Å². The van der Waals surface area contributed by atoms with Crippen LogP contribution in [-0.2, 0) is 0 Å². The quantitative estimate of drug-likeness (QED) is 0.649. The lowest BCUT2D eigenvalue weighted by molar-refractivity contribution is 0.339. The minimum Gasteiger partial charge on any atom is -0.325 e. The molecule has 3 atom stereocenters. The van der Waals surface area contributed by atoms with E-state index in [0.29, 0.717) is 12.1 Å². The molecule has 0 saturated carbocycles. The fraction of sp³-hybridized carbons (Fsp3) is 0.846. The second kappa shape index (κ2) is 4.26. The Morgan fingerprint density at radius 3 is 2.87 bits per heavy atom. The van der Waals surface area contributed by atoms with E-state index >= 15 is 0 Å². The summed E-state index contributed by atoms with van der Waals surface area (Å²) in [7, 11) is 0. The zero-order valence-corrected chi connectivity index (χ0v) is 10.1. The Morgan fingerprint density at radius 2 is 2.27 bits per heavy atom. The molecule has 0 aromatic rings. The van der Waals surface area contributed by atoms with E-state index in [0.717, 1.165) is 12.8 Å². The van der Waals surface area contributed by atoms with Crippen LogP contribution in [0.1, 0.15) is 52.4 Å². The summed E-state index contributed by atoms with van der Waals surface area (Å²) >= 11 is 0. The molecule has 2 aliphatic rings. The highest BCUT2D eigenvalue weighted by Crippen LogP contribution is 2.29. The van der Waals surface area contributed by atoms with Gasteiger partial charge in [0.2, 0.25) is 0 Å². The Bertz CT molecular complexity index is 255. The summed E-state index contributed by atoms with van der Waals surface area (Å²) in [6.45, 7) is 4.46. The molecule has 3 N–H and O–H groups in total. The maximum Gasteiger partial charge on any atom is 0.0281 e. The second-order valence-electron chi connectivity index (χ2n) is 5.69. The van der Waals surface area contributed by atoms with Crippen molar-refractivity contribution >= 4 is 0 Å². The number of rotatable bonds is 1. The third kappa shape index (κ3) is 2.82. The molecule has 1 aliphatic heterocycles. The molecule has 2 heteroatoms. The number of nitrogens with two attached hydrogens (primary N) is 1. The third-order valence-electron chi connectivity index (χ3n) is 3.88. The summed E-state index contributed by atoms with van der Waals surface area (Å²) in [6, 6.07) is 1.33. The summed E-state index contributed by atoms with van der Waals surface area (Å²) in [4.78, 5) is 0. The fourth-order valence-corrected chi connectivity index (χ4v) is 2.75. The standard InChI is InChI=1S/C13H24N2/c1-10-4-3-5-12(15-10)11-6-8-13(2,14)9-7-11/h6,10,12,15H,3-5,7-9,14H2,1-2H3. The van der Waals surface area contributed by atoms with Crippen LogP contribution < -0.4 is 11.1 Å². The van der Waals surface area contributed by atoms with Crippen molar-refractivity contribution in [3.8, 4) is 0 Å². The minimum atomic E-state index is 0.0454. The normalized spacial score (nSPS) is 42.5. The van der Waals surface area contributed by atoms with Gasteiger partial charge in [-0.05, 0) is 46.0 Å². The highest BCUT2D eigenvalue weighted by atomic mass is 15.0. The zero-order valence-electron chi connectivity index (χ0n) is 10.1. The predicted octanol–water partition coefficient (Wildman–Crippen LogP) is 2.34. The van der Waals surface area contributed by atoms with Crippen molar-refractivity contribution in [2.75, 3.05) is 0 Å². The molecule has 15 heavy (non-hydrogen) atoms. The Morgan fingerprint density at radius 1 is 1.47 bits per heavy atom. The van der Waals surface area contributed by atoms with Crippen LogP contribution in [0.15, 0.2) is 11.6 Å². The molecular weight excluding hydrogens is 184 g/mol. The van der Waals surface area contributed by atoms with Crippen LogP contribution in [0.5, 0.6) is 0 Å². The van der Waals surface area contributed by atoms with E-state index in [-0.39, 0.29) is 5.54 Å². The van der Waals surface area contributed by atoms with Gasteiger partial charge in [0.15, 0.2) is 0 Å². The van der Waals surface area contributed by atoms with Crippen LogP contribution in [0.3, 0.4) is 0 Å². The van der Waals surface area contributed by atoms with Crippen molar-refractivity contribution in [3.05, 3.63) is 11.6 Å². The van der Waals surface area contributed by atoms with Crippen LogP contribution in [0.2, 0.25) is 0 Å². The number of piperidine rings is 1. The Kier molecular flexibility index (Phi) is 3.17. The Balaban J connectivity index is 1.97. The number of hydrogen-bond acceptors (Lipinski definition) is 2. The van der Waals surface area contributed by atoms with Crippen LogP contribution >= 0.6 is 0 Å². The smallest absolute Gasteiger partial charge is 0.0281 e. The predicted molar refractivity (Wildman–Crippen MR) is 64.8 cm³/mol. The summed E-state index contributed by atoms with van der Waals surface area (Å²) < 4.78 is 0. The minimum absolute atomic E-state index is 0.0454. The molecular formula is C13H24N2. The van der Waals surface area contributed by atoms with Crippen molar-refractivity contribution < 1.29 is 0 Å². The number of hydrogen-bond donors (Lipinski definition) is 2. The second-order valence-corrected chi connectivity index (χ2v) is 5.69. The topological polar surface area (TPSA) is 38.0 Å². The molecule has 2 rings (SSSR count). The van der Waals surface area contributed by atoms with Gasteiger partial charge in [0.1, 0.15) is 0 Å². The molecule has 86 valence electrons. The molecule has 0 spiro atoms. The van der Waals surface area contributed by atoms with Crippen molar-refractivity contribution in [1.29, 1.82) is 0 Å². The van der Waals surface area contributed by atoms with E-state index in [1.54, 1.807) is 5.57 Å². The van der Waals surface area contributed by atoms with E-state index < -0.39 is 0 Å². The first-order valence-corrected chi connectivity index (χ1v) is 6.31. The fourth-order valence-electron chi connectivity index (χ4n) is 2.75. The molecule has 0 aromatic carbocycles. The average Bonchev–Trinajstić information content (AvgIpc) is 2.17. The van der Waals surface area contributed by atoms with Gasteiger partial charge >= 0.3 is 0 Å². The molecule has 1 fully saturated rings. The molecule has 1 saturated heterocycles. The van der Waals surface area contributed by atoms with Crippen LogP contribution in [0.25, 0.3) is 0 Å². The summed E-state index contributed by atoms with van der Waals surface area (Å²) in [6.07, 6.45) is 9.79. The first-order chi connectivity index (χ1) is 7.07. The maximum atomic E-state index is 6.13. The van der Waals surface area contributed by atoms with E-state index in [1.165, 1.54) is 25.7 Å². The first kappa shape index (κ1) is 11.2. The van der Waals surface area contributed by atoms with E-state index in [4.69, 9.17) is 5.73 Å². The van der Waals surface area contributed by atoms with Crippen LogP contribution in [0.4, 0.5) is 0 Å². The average molecular weight is 208 g/mol. The monoisotopic (exact) mass is 208 g/mol. The van der Waals surface area contributed by atoms with Gasteiger partial charge in [0.25, 0.3) is 0 Å². The lowest BCUT2D eigenvalue weighted by Crippen LogP contribution is -2.44. The van der Waals surface area contributed by atoms with E-state index in [2.05, 4.69) is 25.2 Å². The molecule has 2 nitrogen and oxygen atoms in total. The largest absolute Gasteiger partial charge is 0.325 e. The summed E-state index contributed by atoms with van der Waals surface area (Å²) in [5.41, 5.74) is 7.79. The van der Waals surface area contributed by atoms with Gasteiger partial charge in [-0.25, -0.2) is 0 Å². The van der Waals surface area contributed by atoms with Gasteiger partial charge < -0.3 is 11.1 Å².